The summed E-state index contributed by atoms with van der Waals surface area (Å²) >= 11 is 6.46. The highest BCUT2D eigenvalue weighted by atomic mass is 35.5. The van der Waals surface area contributed by atoms with Crippen LogP contribution in [0.15, 0.2) is 59.1 Å². The Kier molecular flexibility index (Phi) is 9.93. The second-order valence-electron chi connectivity index (χ2n) is 15.7. The summed E-state index contributed by atoms with van der Waals surface area (Å²) in [5.41, 5.74) is 3.45. The third-order valence-corrected chi connectivity index (χ3v) is 14.0. The number of ether oxygens (including phenoxy) is 3. The van der Waals surface area contributed by atoms with Gasteiger partial charge in [0.1, 0.15) is 15.6 Å². The molecule has 7 atom stereocenters. The van der Waals surface area contributed by atoms with E-state index in [0.29, 0.717) is 61.7 Å². The van der Waals surface area contributed by atoms with Crippen molar-refractivity contribution in [3.05, 3.63) is 87.8 Å². The number of rotatable bonds is 3. The molecule has 1 N–H and O–H groups in total. The summed E-state index contributed by atoms with van der Waals surface area (Å²) in [6.07, 6.45) is 11.5. The van der Waals surface area contributed by atoms with Crippen molar-refractivity contribution < 1.29 is 28.0 Å². The van der Waals surface area contributed by atoms with Crippen molar-refractivity contribution in [2.75, 3.05) is 37.5 Å². The van der Waals surface area contributed by atoms with Gasteiger partial charge in [-0.25, -0.2) is 9.19 Å². The van der Waals surface area contributed by atoms with Crippen LogP contribution in [0.1, 0.15) is 83.6 Å². The molecular formula is C40H48ClN5O6S. The van der Waals surface area contributed by atoms with Gasteiger partial charge >= 0.3 is 5.91 Å². The maximum Gasteiger partial charge on any atom is 0.305 e. The second-order valence-corrected chi connectivity index (χ2v) is 18.2. The fourth-order valence-electron chi connectivity index (χ4n) is 8.94. The number of nitrogens with zero attached hydrogens (tertiary/aromatic N) is 4. The molecule has 1 fully saturated rings. The third kappa shape index (κ3) is 7.27. The molecule has 2 aliphatic carbocycles. The normalized spacial score (nSPS) is 31.8. The van der Waals surface area contributed by atoms with E-state index in [9.17, 15) is 13.8 Å². The molecule has 1 unspecified atom stereocenters. The molecule has 0 saturated heterocycles. The van der Waals surface area contributed by atoms with E-state index in [-0.39, 0.29) is 35.0 Å². The summed E-state index contributed by atoms with van der Waals surface area (Å²) < 4.78 is 42.0. The van der Waals surface area contributed by atoms with Crippen LogP contribution in [0.3, 0.4) is 0 Å². The SMILES string of the molecule is CO[C@H]1/C=C/C[C@H](C)CS(=O)(NC(=O)c2cc3n(c2)C[C@H](C)OC3)=NC(=O)c2ccc3c(n2)N(C[C@@H]2CC[C@H]21)C[C@@]1(CCCc2cc(Cl)ccc21)CO3. The maximum atomic E-state index is 14.7. The Morgan fingerprint density at radius 3 is 2.83 bits per heavy atom. The number of pyridine rings is 1. The number of amides is 2. The number of nitrogens with one attached hydrogen (secondary N) is 1. The Bertz CT molecular complexity index is 2080. The molecule has 2 amide bonds. The van der Waals surface area contributed by atoms with Crippen LogP contribution in [0.5, 0.6) is 5.75 Å². The molecule has 2 aromatic heterocycles. The van der Waals surface area contributed by atoms with Gasteiger partial charge in [0.25, 0.3) is 5.91 Å². The molecule has 11 nitrogen and oxygen atoms in total. The van der Waals surface area contributed by atoms with Gasteiger partial charge < -0.3 is 23.7 Å². The highest BCUT2D eigenvalue weighted by Gasteiger charge is 2.45. The number of hydrogen-bond donors (Lipinski definition) is 1. The van der Waals surface area contributed by atoms with E-state index in [1.54, 1.807) is 31.5 Å². The summed E-state index contributed by atoms with van der Waals surface area (Å²) in [6, 6.07) is 11.3. The van der Waals surface area contributed by atoms with Crippen molar-refractivity contribution in [2.24, 2.45) is 22.1 Å². The minimum Gasteiger partial charge on any atom is -0.489 e. The topological polar surface area (TPSA) is 124 Å². The van der Waals surface area contributed by atoms with Crippen molar-refractivity contribution >= 4 is 39.1 Å². The van der Waals surface area contributed by atoms with Crippen LogP contribution < -0.4 is 14.4 Å². The Hall–Kier alpha value is -3.71. The fraction of sp³-hybridized carbons (Fsp3) is 0.525. The second kappa shape index (κ2) is 14.5. The molecule has 1 spiro atoms. The average Bonchev–Trinajstić information content (AvgIpc) is 3.48. The highest BCUT2D eigenvalue weighted by molar-refractivity contribution is 7.92. The first-order chi connectivity index (χ1) is 25.5. The van der Waals surface area contributed by atoms with E-state index in [1.807, 2.05) is 24.5 Å². The van der Waals surface area contributed by atoms with Crippen LogP contribution in [0.2, 0.25) is 5.02 Å². The lowest BCUT2D eigenvalue weighted by Gasteiger charge is -2.45. The van der Waals surface area contributed by atoms with Crippen LogP contribution in [-0.4, -0.2) is 70.3 Å². The number of benzene rings is 1. The molecule has 13 heteroatoms. The minimum absolute atomic E-state index is 0.0155. The number of halogens is 1. The van der Waals surface area contributed by atoms with Crippen LogP contribution >= 0.6 is 11.6 Å². The molecule has 5 aliphatic rings. The first-order valence-corrected chi connectivity index (χ1v) is 20.9. The van der Waals surface area contributed by atoms with Gasteiger partial charge in [0.05, 0.1) is 36.7 Å². The average molecular weight is 762 g/mol. The van der Waals surface area contributed by atoms with Gasteiger partial charge in [0.15, 0.2) is 11.6 Å². The largest absolute Gasteiger partial charge is 0.489 e. The first-order valence-electron chi connectivity index (χ1n) is 18.8. The van der Waals surface area contributed by atoms with E-state index in [2.05, 4.69) is 38.3 Å². The van der Waals surface area contributed by atoms with Gasteiger partial charge in [0.2, 0.25) is 0 Å². The van der Waals surface area contributed by atoms with Crippen LogP contribution in [0.4, 0.5) is 5.82 Å². The summed E-state index contributed by atoms with van der Waals surface area (Å²) in [5, 5.41) is 0.729. The third-order valence-electron chi connectivity index (χ3n) is 11.8. The monoisotopic (exact) mass is 761 g/mol. The minimum atomic E-state index is -3.58. The van der Waals surface area contributed by atoms with Crippen LogP contribution in [0, 0.1) is 17.8 Å². The molecule has 2 bridgehead atoms. The van der Waals surface area contributed by atoms with Crippen LogP contribution in [0.25, 0.3) is 0 Å². The molecule has 282 valence electrons. The summed E-state index contributed by atoms with van der Waals surface area (Å²) in [7, 11) is -1.82. The first kappa shape index (κ1) is 36.3. The van der Waals surface area contributed by atoms with Gasteiger partial charge in [-0.3, -0.25) is 14.3 Å². The number of aromatic nitrogens is 2. The molecular weight excluding hydrogens is 714 g/mol. The summed E-state index contributed by atoms with van der Waals surface area (Å²) in [4.78, 5) is 34.9. The van der Waals surface area contributed by atoms with E-state index in [1.165, 1.54) is 11.1 Å². The molecule has 8 rings (SSSR count). The molecule has 1 saturated carbocycles. The highest BCUT2D eigenvalue weighted by Crippen LogP contribution is 2.46. The Morgan fingerprint density at radius 2 is 2.02 bits per heavy atom. The zero-order chi connectivity index (χ0) is 36.9. The number of aryl methyl sites for hydroxylation is 1. The summed E-state index contributed by atoms with van der Waals surface area (Å²) in [6.45, 7) is 6.76. The number of carbonyl (C=O) groups is 2. The number of allylic oxidation sites excluding steroid dienone is 1. The predicted molar refractivity (Wildman–Crippen MR) is 204 cm³/mol. The van der Waals surface area contributed by atoms with Crippen molar-refractivity contribution in [3.8, 4) is 5.75 Å². The molecule has 53 heavy (non-hydrogen) atoms. The Labute approximate surface area is 316 Å². The molecule has 3 aromatic rings. The zero-order valence-corrected chi connectivity index (χ0v) is 32.2. The van der Waals surface area contributed by atoms with E-state index >= 15 is 0 Å². The van der Waals surface area contributed by atoms with Crippen LogP contribution in [-0.2, 0) is 44.4 Å². The zero-order valence-electron chi connectivity index (χ0n) is 30.6. The lowest BCUT2D eigenvalue weighted by molar-refractivity contribution is 0.0131. The lowest BCUT2D eigenvalue weighted by atomic mass is 9.68. The van der Waals surface area contributed by atoms with Crippen molar-refractivity contribution in [1.29, 1.82) is 0 Å². The Balaban J connectivity index is 1.18. The van der Waals surface area contributed by atoms with E-state index < -0.39 is 21.7 Å². The molecule has 0 radical (unpaired) electrons. The molecule has 3 aliphatic heterocycles. The van der Waals surface area contributed by atoms with Crippen molar-refractivity contribution in [1.82, 2.24) is 14.3 Å². The predicted octanol–water partition coefficient (Wildman–Crippen LogP) is 6.52. The van der Waals surface area contributed by atoms with Gasteiger partial charge in [0, 0.05) is 49.1 Å². The van der Waals surface area contributed by atoms with Crippen molar-refractivity contribution in [3.63, 3.8) is 0 Å². The Morgan fingerprint density at radius 1 is 1.15 bits per heavy atom. The van der Waals surface area contributed by atoms with Gasteiger partial charge in [-0.1, -0.05) is 36.7 Å². The van der Waals surface area contributed by atoms with E-state index in [4.69, 9.17) is 30.8 Å². The fourth-order valence-corrected chi connectivity index (χ4v) is 11.0. The van der Waals surface area contributed by atoms with Gasteiger partial charge in [-0.2, -0.15) is 0 Å². The van der Waals surface area contributed by atoms with E-state index in [0.717, 1.165) is 49.4 Å². The number of hydrogen-bond acceptors (Lipinski definition) is 8. The van der Waals surface area contributed by atoms with Crippen molar-refractivity contribution in [2.45, 2.75) is 83.1 Å². The number of fused-ring (bicyclic) bond motifs is 5. The van der Waals surface area contributed by atoms with Gasteiger partial charge in [-0.15, -0.1) is 4.36 Å². The number of methoxy groups -OCH3 is 1. The smallest absolute Gasteiger partial charge is 0.305 e. The maximum absolute atomic E-state index is 14.7. The number of anilines is 1. The molecule has 5 heterocycles. The lowest BCUT2D eigenvalue weighted by Crippen LogP contribution is -2.49. The number of carbonyl (C=O) groups excluding carboxylic acids is 2. The summed E-state index contributed by atoms with van der Waals surface area (Å²) in [5.74, 6) is 0.350. The molecule has 1 aromatic carbocycles. The van der Waals surface area contributed by atoms with Gasteiger partial charge in [-0.05, 0) is 105 Å². The quantitative estimate of drug-likeness (QED) is 0.300. The standard InChI is InChI=1S/C40H48ClN5O6S/c1-25-6-4-8-35(50-3)32-11-9-28(32)19-46-23-40(15-5-7-27-16-30(41)10-12-33(27)40)24-52-36-14-13-34(42-37(36)46)39(48)44-53(49,22-25)43-38(47)29-17-31-21-51-26(2)18-45(31)20-29/h4,8,10,12-14,16-17,20,25-26,28,32,35H,5-7,9,11,15,18-19,21-24H2,1-3H3,(H,43,44,47,48,49)/b8-4+/t25-,26-,28-,32+,35-,40-,53?/m0/s1.